The average molecular weight is 269 g/mol. The minimum absolute atomic E-state index is 0.00286. The zero-order valence-electron chi connectivity index (χ0n) is 10.9. The molecule has 0 bridgehead atoms. The van der Waals surface area contributed by atoms with Gasteiger partial charge in [0.15, 0.2) is 0 Å². The van der Waals surface area contributed by atoms with Gasteiger partial charge in [0, 0.05) is 23.8 Å². The Labute approximate surface area is 111 Å². The van der Waals surface area contributed by atoms with Crippen LogP contribution in [-0.4, -0.2) is 23.0 Å². The van der Waals surface area contributed by atoms with Crippen molar-refractivity contribution in [3.8, 4) is 0 Å². The largest absolute Gasteiger partial charge is 0.481 e. The number of carboxylic acid groups (broad SMARTS) is 1. The van der Waals surface area contributed by atoms with E-state index in [1.165, 1.54) is 4.88 Å². The Kier molecular flexibility index (Phi) is 4.90. The Morgan fingerprint density at radius 2 is 2.17 bits per heavy atom. The maximum Gasteiger partial charge on any atom is 0.309 e. The summed E-state index contributed by atoms with van der Waals surface area (Å²) in [4.78, 5) is 23.9. The first-order chi connectivity index (χ1) is 8.31. The van der Waals surface area contributed by atoms with E-state index in [1.807, 2.05) is 24.4 Å². The third-order valence-corrected chi connectivity index (χ3v) is 3.58. The monoisotopic (exact) mass is 269 g/mol. The maximum absolute atomic E-state index is 11.7. The van der Waals surface area contributed by atoms with Crippen LogP contribution in [0, 0.1) is 5.41 Å². The van der Waals surface area contributed by atoms with Gasteiger partial charge in [-0.15, -0.1) is 11.3 Å². The standard InChI is InChI=1S/C13H19NO3S/c1-9(7-10-5-4-6-18-10)14-11(15)8-13(2,3)12(16)17/h4-6,9H,7-8H2,1-3H3,(H,14,15)(H,16,17). The van der Waals surface area contributed by atoms with E-state index in [9.17, 15) is 9.59 Å². The third kappa shape index (κ3) is 4.49. The molecule has 18 heavy (non-hydrogen) atoms. The second kappa shape index (κ2) is 6.00. The molecule has 1 atom stereocenters. The summed E-state index contributed by atoms with van der Waals surface area (Å²) in [5, 5.41) is 13.8. The molecule has 5 heteroatoms. The molecule has 1 unspecified atom stereocenters. The van der Waals surface area contributed by atoms with Gasteiger partial charge in [0.25, 0.3) is 0 Å². The predicted octanol–water partition coefficient (Wildman–Crippen LogP) is 2.30. The van der Waals surface area contributed by atoms with Gasteiger partial charge in [-0.25, -0.2) is 0 Å². The van der Waals surface area contributed by atoms with Gasteiger partial charge in [0.1, 0.15) is 0 Å². The Morgan fingerprint density at radius 1 is 1.50 bits per heavy atom. The highest BCUT2D eigenvalue weighted by Crippen LogP contribution is 2.20. The molecule has 0 aromatic carbocycles. The van der Waals surface area contributed by atoms with E-state index in [0.29, 0.717) is 0 Å². The Balaban J connectivity index is 2.43. The molecule has 0 aliphatic rings. The summed E-state index contributed by atoms with van der Waals surface area (Å²) in [7, 11) is 0. The van der Waals surface area contributed by atoms with Crippen molar-refractivity contribution < 1.29 is 14.7 Å². The van der Waals surface area contributed by atoms with Crippen molar-refractivity contribution in [1.82, 2.24) is 5.32 Å². The molecule has 1 aromatic rings. The van der Waals surface area contributed by atoms with Gasteiger partial charge in [-0.1, -0.05) is 6.07 Å². The fourth-order valence-corrected chi connectivity index (χ4v) is 2.42. The fourth-order valence-electron chi connectivity index (χ4n) is 1.58. The van der Waals surface area contributed by atoms with Crippen LogP contribution in [0.5, 0.6) is 0 Å². The molecule has 0 radical (unpaired) electrons. The molecule has 0 saturated carbocycles. The number of thiophene rings is 1. The summed E-state index contributed by atoms with van der Waals surface area (Å²) in [6.45, 7) is 5.03. The molecular weight excluding hydrogens is 250 g/mol. The third-order valence-electron chi connectivity index (χ3n) is 2.68. The van der Waals surface area contributed by atoms with Crippen LogP contribution in [0.1, 0.15) is 32.1 Å². The molecule has 1 heterocycles. The van der Waals surface area contributed by atoms with E-state index in [0.717, 1.165) is 6.42 Å². The number of carbonyl (C=O) groups excluding carboxylic acids is 1. The van der Waals surface area contributed by atoms with Crippen LogP contribution in [0.3, 0.4) is 0 Å². The lowest BCUT2D eigenvalue weighted by Gasteiger charge is -2.20. The second-order valence-corrected chi connectivity index (χ2v) is 6.15. The van der Waals surface area contributed by atoms with E-state index >= 15 is 0 Å². The summed E-state index contributed by atoms with van der Waals surface area (Å²) in [5.41, 5.74) is -1.02. The minimum atomic E-state index is -1.02. The van der Waals surface area contributed by atoms with Gasteiger partial charge in [-0.2, -0.15) is 0 Å². The number of rotatable bonds is 6. The molecule has 0 aliphatic carbocycles. The number of aliphatic carboxylic acids is 1. The topological polar surface area (TPSA) is 66.4 Å². The highest BCUT2D eigenvalue weighted by atomic mass is 32.1. The van der Waals surface area contributed by atoms with E-state index in [4.69, 9.17) is 5.11 Å². The quantitative estimate of drug-likeness (QED) is 0.832. The van der Waals surface area contributed by atoms with Crippen LogP contribution in [0.2, 0.25) is 0 Å². The lowest BCUT2D eigenvalue weighted by atomic mass is 9.89. The fraction of sp³-hybridized carbons (Fsp3) is 0.538. The molecule has 100 valence electrons. The maximum atomic E-state index is 11.7. The van der Waals surface area contributed by atoms with Gasteiger partial charge in [-0.05, 0) is 32.2 Å². The van der Waals surface area contributed by atoms with Crippen molar-refractivity contribution in [1.29, 1.82) is 0 Å². The van der Waals surface area contributed by atoms with Crippen LogP contribution in [-0.2, 0) is 16.0 Å². The van der Waals surface area contributed by atoms with Crippen molar-refractivity contribution in [2.75, 3.05) is 0 Å². The van der Waals surface area contributed by atoms with Crippen LogP contribution in [0.15, 0.2) is 17.5 Å². The minimum Gasteiger partial charge on any atom is -0.481 e. The highest BCUT2D eigenvalue weighted by molar-refractivity contribution is 7.09. The Bertz CT molecular complexity index is 412. The molecule has 0 spiro atoms. The van der Waals surface area contributed by atoms with Crippen LogP contribution in [0.25, 0.3) is 0 Å². The van der Waals surface area contributed by atoms with Crippen molar-refractivity contribution in [3.63, 3.8) is 0 Å². The number of carbonyl (C=O) groups is 2. The van der Waals surface area contributed by atoms with Gasteiger partial charge in [-0.3, -0.25) is 9.59 Å². The summed E-state index contributed by atoms with van der Waals surface area (Å²) in [5.74, 6) is -1.17. The van der Waals surface area contributed by atoms with Gasteiger partial charge in [0.2, 0.25) is 5.91 Å². The molecule has 1 amide bonds. The first kappa shape index (κ1) is 14.7. The molecule has 4 nitrogen and oxygen atoms in total. The van der Waals surface area contributed by atoms with Crippen molar-refractivity contribution in [3.05, 3.63) is 22.4 Å². The van der Waals surface area contributed by atoms with Gasteiger partial charge < -0.3 is 10.4 Å². The van der Waals surface area contributed by atoms with Crippen LogP contribution in [0.4, 0.5) is 0 Å². The number of carboxylic acids is 1. The van der Waals surface area contributed by atoms with Crippen LogP contribution < -0.4 is 5.32 Å². The summed E-state index contributed by atoms with van der Waals surface area (Å²) in [6.07, 6.45) is 0.772. The van der Waals surface area contributed by atoms with E-state index in [2.05, 4.69) is 5.32 Å². The van der Waals surface area contributed by atoms with E-state index in [-0.39, 0.29) is 18.4 Å². The first-order valence-corrected chi connectivity index (χ1v) is 6.74. The van der Waals surface area contributed by atoms with Gasteiger partial charge >= 0.3 is 5.97 Å². The molecule has 0 saturated heterocycles. The van der Waals surface area contributed by atoms with E-state index in [1.54, 1.807) is 25.2 Å². The molecule has 0 aliphatic heterocycles. The lowest BCUT2D eigenvalue weighted by Crippen LogP contribution is -2.38. The molecule has 1 aromatic heterocycles. The Hall–Kier alpha value is -1.36. The number of hydrogen-bond acceptors (Lipinski definition) is 3. The zero-order chi connectivity index (χ0) is 13.8. The van der Waals surface area contributed by atoms with Crippen LogP contribution >= 0.6 is 11.3 Å². The number of amides is 1. The zero-order valence-corrected chi connectivity index (χ0v) is 11.7. The lowest BCUT2D eigenvalue weighted by molar-refractivity contribution is -0.149. The van der Waals surface area contributed by atoms with Gasteiger partial charge in [0.05, 0.1) is 5.41 Å². The molecule has 2 N–H and O–H groups in total. The number of hydrogen-bond donors (Lipinski definition) is 2. The highest BCUT2D eigenvalue weighted by Gasteiger charge is 2.30. The smallest absolute Gasteiger partial charge is 0.309 e. The van der Waals surface area contributed by atoms with Crippen molar-refractivity contribution >= 4 is 23.2 Å². The average Bonchev–Trinajstić information content (AvgIpc) is 2.68. The van der Waals surface area contributed by atoms with Crippen molar-refractivity contribution in [2.24, 2.45) is 5.41 Å². The summed E-state index contributed by atoms with van der Waals surface area (Å²) < 4.78 is 0. The number of nitrogens with one attached hydrogen (secondary N) is 1. The molecular formula is C13H19NO3S. The van der Waals surface area contributed by atoms with Crippen molar-refractivity contribution in [2.45, 2.75) is 39.7 Å². The molecule has 1 rings (SSSR count). The second-order valence-electron chi connectivity index (χ2n) is 5.12. The summed E-state index contributed by atoms with van der Waals surface area (Å²) in [6, 6.07) is 4.01. The SMILES string of the molecule is CC(Cc1cccs1)NC(=O)CC(C)(C)C(=O)O. The normalized spacial score (nSPS) is 13.1. The first-order valence-electron chi connectivity index (χ1n) is 5.86. The molecule has 0 fully saturated rings. The van der Waals surface area contributed by atoms with E-state index < -0.39 is 11.4 Å². The Morgan fingerprint density at radius 3 is 2.67 bits per heavy atom. The summed E-state index contributed by atoms with van der Waals surface area (Å²) >= 11 is 1.65. The predicted molar refractivity (Wildman–Crippen MR) is 71.7 cm³/mol.